The molecule has 26 heavy (non-hydrogen) atoms. The lowest BCUT2D eigenvalue weighted by Gasteiger charge is -2.34. The lowest BCUT2D eigenvalue weighted by molar-refractivity contribution is 0.0625. The number of fused-ring (bicyclic) bond motifs is 1. The van der Waals surface area contributed by atoms with Gasteiger partial charge in [0.1, 0.15) is 5.82 Å². The summed E-state index contributed by atoms with van der Waals surface area (Å²) >= 11 is 0. The fraction of sp³-hybridized carbons (Fsp3) is 0.333. The van der Waals surface area contributed by atoms with Gasteiger partial charge in [-0.1, -0.05) is 43.3 Å². The normalized spacial score (nSPS) is 15.5. The molecule has 5 heteroatoms. The molecule has 3 heterocycles. The Hall–Kier alpha value is -2.66. The second-order valence-corrected chi connectivity index (χ2v) is 6.74. The van der Waals surface area contributed by atoms with Crippen LogP contribution < -0.4 is 0 Å². The van der Waals surface area contributed by atoms with Crippen molar-refractivity contribution in [3.63, 3.8) is 0 Å². The Kier molecular flexibility index (Phi) is 4.71. The zero-order valence-corrected chi connectivity index (χ0v) is 15.1. The van der Waals surface area contributed by atoms with Crippen LogP contribution in [-0.2, 0) is 13.0 Å². The van der Waals surface area contributed by atoms with E-state index >= 15 is 0 Å². The molecule has 0 atom stereocenters. The molecule has 0 N–H and O–H groups in total. The number of benzene rings is 1. The summed E-state index contributed by atoms with van der Waals surface area (Å²) in [5.74, 6) is 0.986. The number of hydrogen-bond donors (Lipinski definition) is 0. The highest BCUT2D eigenvalue weighted by molar-refractivity contribution is 5.99. The Morgan fingerprint density at radius 3 is 2.46 bits per heavy atom. The second kappa shape index (κ2) is 7.30. The van der Waals surface area contributed by atoms with Crippen molar-refractivity contribution in [3.8, 4) is 0 Å². The Morgan fingerprint density at radius 2 is 1.73 bits per heavy atom. The van der Waals surface area contributed by atoms with Gasteiger partial charge in [-0.3, -0.25) is 9.69 Å². The SMILES string of the molecule is CCc1nc(C(=O)N2CCN(Cc3ccccc3)CC2)c2ccccn12. The molecule has 1 aliphatic rings. The van der Waals surface area contributed by atoms with Gasteiger partial charge in [-0.2, -0.15) is 0 Å². The highest BCUT2D eigenvalue weighted by atomic mass is 16.2. The van der Waals surface area contributed by atoms with Crippen LogP contribution in [-0.4, -0.2) is 51.3 Å². The van der Waals surface area contributed by atoms with Gasteiger partial charge in [0.2, 0.25) is 0 Å². The van der Waals surface area contributed by atoms with Gasteiger partial charge in [-0.25, -0.2) is 4.98 Å². The summed E-state index contributed by atoms with van der Waals surface area (Å²) in [4.78, 5) is 22.0. The summed E-state index contributed by atoms with van der Waals surface area (Å²) in [5.41, 5.74) is 2.81. The molecule has 134 valence electrons. The van der Waals surface area contributed by atoms with Crippen molar-refractivity contribution < 1.29 is 4.79 Å². The molecule has 1 fully saturated rings. The fourth-order valence-electron chi connectivity index (χ4n) is 3.61. The molecule has 5 nitrogen and oxygen atoms in total. The summed E-state index contributed by atoms with van der Waals surface area (Å²) in [6.45, 7) is 6.30. The Labute approximate surface area is 153 Å². The minimum Gasteiger partial charge on any atom is -0.335 e. The number of rotatable bonds is 4. The van der Waals surface area contributed by atoms with Crippen molar-refractivity contribution in [2.24, 2.45) is 0 Å². The second-order valence-electron chi connectivity index (χ2n) is 6.74. The first-order chi connectivity index (χ1) is 12.8. The Bertz CT molecular complexity index is 895. The first-order valence-corrected chi connectivity index (χ1v) is 9.28. The van der Waals surface area contributed by atoms with Crippen LogP contribution in [0.5, 0.6) is 0 Å². The Balaban J connectivity index is 1.46. The maximum absolute atomic E-state index is 13.0. The molecular weight excluding hydrogens is 324 g/mol. The minimum atomic E-state index is 0.0489. The quantitative estimate of drug-likeness (QED) is 0.728. The van der Waals surface area contributed by atoms with Gasteiger partial charge in [-0.15, -0.1) is 0 Å². The van der Waals surface area contributed by atoms with E-state index in [1.54, 1.807) is 0 Å². The van der Waals surface area contributed by atoms with Crippen molar-refractivity contribution >= 4 is 11.4 Å². The van der Waals surface area contributed by atoms with Crippen LogP contribution in [0.25, 0.3) is 5.52 Å². The van der Waals surface area contributed by atoms with E-state index in [2.05, 4.69) is 41.1 Å². The number of piperazine rings is 1. The van der Waals surface area contributed by atoms with Crippen LogP contribution in [0.3, 0.4) is 0 Å². The molecule has 0 saturated carbocycles. The molecule has 0 spiro atoms. The van der Waals surface area contributed by atoms with Gasteiger partial charge in [0.15, 0.2) is 5.69 Å². The van der Waals surface area contributed by atoms with E-state index in [9.17, 15) is 4.79 Å². The highest BCUT2D eigenvalue weighted by Crippen LogP contribution is 2.17. The molecular formula is C21H24N4O. The molecule has 3 aromatic rings. The monoisotopic (exact) mass is 348 g/mol. The molecule has 2 aromatic heterocycles. The van der Waals surface area contributed by atoms with Crippen LogP contribution >= 0.6 is 0 Å². The first kappa shape index (κ1) is 16.8. The Morgan fingerprint density at radius 1 is 1.00 bits per heavy atom. The number of carbonyl (C=O) groups is 1. The predicted octanol–water partition coefficient (Wildman–Crippen LogP) is 2.85. The number of carbonyl (C=O) groups excluding carboxylic acids is 1. The van der Waals surface area contributed by atoms with Crippen molar-refractivity contribution in [1.82, 2.24) is 19.2 Å². The average molecular weight is 348 g/mol. The van der Waals surface area contributed by atoms with Crippen LogP contribution in [0.15, 0.2) is 54.7 Å². The summed E-state index contributed by atoms with van der Waals surface area (Å²) in [6, 6.07) is 16.4. The molecule has 1 amide bonds. The molecule has 0 radical (unpaired) electrons. The number of aryl methyl sites for hydroxylation is 1. The van der Waals surface area contributed by atoms with E-state index in [4.69, 9.17) is 0 Å². The molecule has 1 saturated heterocycles. The van der Waals surface area contributed by atoms with Gasteiger partial charge in [0, 0.05) is 45.3 Å². The first-order valence-electron chi connectivity index (χ1n) is 9.28. The van der Waals surface area contributed by atoms with Gasteiger partial charge in [0.25, 0.3) is 5.91 Å². The van der Waals surface area contributed by atoms with Crippen molar-refractivity contribution in [3.05, 3.63) is 71.8 Å². The zero-order valence-electron chi connectivity index (χ0n) is 15.1. The highest BCUT2D eigenvalue weighted by Gasteiger charge is 2.25. The van der Waals surface area contributed by atoms with Gasteiger partial charge in [-0.05, 0) is 17.7 Å². The smallest absolute Gasteiger partial charge is 0.274 e. The molecule has 0 unspecified atom stereocenters. The van der Waals surface area contributed by atoms with Gasteiger partial charge in [0.05, 0.1) is 5.52 Å². The molecule has 0 aliphatic carbocycles. The number of imidazole rings is 1. The lowest BCUT2D eigenvalue weighted by Crippen LogP contribution is -2.48. The largest absolute Gasteiger partial charge is 0.335 e. The van der Waals surface area contributed by atoms with E-state index in [0.29, 0.717) is 5.69 Å². The average Bonchev–Trinajstić information content (AvgIpc) is 3.08. The minimum absolute atomic E-state index is 0.0489. The number of pyridine rings is 1. The molecule has 1 aromatic carbocycles. The topological polar surface area (TPSA) is 40.9 Å². The maximum atomic E-state index is 13.0. The van der Waals surface area contributed by atoms with Crippen LogP contribution in [0.2, 0.25) is 0 Å². The zero-order chi connectivity index (χ0) is 17.9. The van der Waals surface area contributed by atoms with E-state index in [-0.39, 0.29) is 5.91 Å². The molecule has 4 rings (SSSR count). The summed E-state index contributed by atoms with van der Waals surface area (Å²) in [5, 5.41) is 0. The number of hydrogen-bond acceptors (Lipinski definition) is 3. The van der Waals surface area contributed by atoms with Crippen molar-refractivity contribution in [2.45, 2.75) is 19.9 Å². The third-order valence-electron chi connectivity index (χ3n) is 5.05. The van der Waals surface area contributed by atoms with E-state index in [1.165, 1.54) is 5.56 Å². The number of amides is 1. The number of aromatic nitrogens is 2. The summed E-state index contributed by atoms with van der Waals surface area (Å²) in [7, 11) is 0. The van der Waals surface area contributed by atoms with Crippen LogP contribution in [0, 0.1) is 0 Å². The molecule has 0 bridgehead atoms. The van der Waals surface area contributed by atoms with E-state index in [1.807, 2.05) is 39.8 Å². The summed E-state index contributed by atoms with van der Waals surface area (Å²) in [6.07, 6.45) is 2.79. The van der Waals surface area contributed by atoms with Crippen molar-refractivity contribution in [1.29, 1.82) is 0 Å². The van der Waals surface area contributed by atoms with Crippen LogP contribution in [0.1, 0.15) is 28.8 Å². The third kappa shape index (κ3) is 3.22. The number of nitrogens with zero attached hydrogens (tertiary/aromatic N) is 4. The van der Waals surface area contributed by atoms with Crippen LogP contribution in [0.4, 0.5) is 0 Å². The van der Waals surface area contributed by atoms with Gasteiger partial charge >= 0.3 is 0 Å². The maximum Gasteiger partial charge on any atom is 0.274 e. The van der Waals surface area contributed by atoms with Gasteiger partial charge < -0.3 is 9.30 Å². The summed E-state index contributed by atoms with van der Waals surface area (Å²) < 4.78 is 2.03. The predicted molar refractivity (Wildman–Crippen MR) is 102 cm³/mol. The van der Waals surface area contributed by atoms with E-state index in [0.717, 1.165) is 50.5 Å². The lowest BCUT2D eigenvalue weighted by atomic mass is 10.2. The van der Waals surface area contributed by atoms with E-state index < -0.39 is 0 Å². The standard InChI is InChI=1S/C21H24N4O/c1-2-19-22-20(18-10-6-7-11-25(18)19)21(26)24-14-12-23(13-15-24)16-17-8-4-3-5-9-17/h3-11H,2,12-16H2,1H3. The third-order valence-corrected chi connectivity index (χ3v) is 5.05. The molecule has 1 aliphatic heterocycles. The fourth-order valence-corrected chi connectivity index (χ4v) is 3.61. The van der Waals surface area contributed by atoms with Crippen molar-refractivity contribution in [2.75, 3.05) is 26.2 Å².